The Hall–Kier alpha value is -3.14. The highest BCUT2D eigenvalue weighted by Gasteiger charge is 2.55. The number of nitro groups is 1. The monoisotopic (exact) mass is 415 g/mol. The van der Waals surface area contributed by atoms with Crippen molar-refractivity contribution in [2.75, 3.05) is 9.91 Å². The lowest BCUT2D eigenvalue weighted by Crippen LogP contribution is -2.39. The first-order valence-electron chi connectivity index (χ1n) is 7.55. The maximum Gasteiger partial charge on any atom is 0.269 e. The van der Waals surface area contributed by atoms with E-state index in [1.165, 1.54) is 29.3 Å². The molecule has 2 aromatic carbocycles. The Bertz CT molecular complexity index is 944. The van der Waals surface area contributed by atoms with Gasteiger partial charge in [-0.3, -0.25) is 19.7 Å². The zero-order valence-electron chi connectivity index (χ0n) is 13.0. The molecule has 2 heterocycles. The van der Waals surface area contributed by atoms with Gasteiger partial charge in [0.15, 0.2) is 12.1 Å². The third kappa shape index (κ3) is 2.46. The number of fused-ring (bicyclic) bond motifs is 1. The van der Waals surface area contributed by atoms with Gasteiger partial charge < -0.3 is 0 Å². The number of non-ortho nitro benzene ring substituents is 1. The number of nitro benzene ring substituents is 1. The Labute approximate surface area is 155 Å². The summed E-state index contributed by atoms with van der Waals surface area (Å²) < 4.78 is 0.827. The van der Waals surface area contributed by atoms with E-state index in [1.807, 2.05) is 0 Å². The van der Waals surface area contributed by atoms with Gasteiger partial charge >= 0.3 is 0 Å². The minimum Gasteiger partial charge on any atom is -0.271 e. The van der Waals surface area contributed by atoms with Crippen molar-refractivity contribution in [2.24, 2.45) is 10.3 Å². The second-order valence-electron chi connectivity index (χ2n) is 5.70. The molecule has 0 N–H and O–H groups in total. The average Bonchev–Trinajstić information content (AvgIpc) is 3.17. The van der Waals surface area contributed by atoms with Gasteiger partial charge in [-0.25, -0.2) is 9.91 Å². The lowest BCUT2D eigenvalue weighted by Gasteiger charge is -2.20. The largest absolute Gasteiger partial charge is 0.271 e. The van der Waals surface area contributed by atoms with Crippen molar-refractivity contribution in [3.63, 3.8) is 0 Å². The molecule has 2 aromatic rings. The highest BCUT2D eigenvalue weighted by molar-refractivity contribution is 9.10. The summed E-state index contributed by atoms with van der Waals surface area (Å²) in [5.74, 6) is -0.888. The van der Waals surface area contributed by atoms with Crippen molar-refractivity contribution in [3.8, 4) is 0 Å². The Morgan fingerprint density at radius 2 is 1.58 bits per heavy atom. The number of rotatable bonds is 3. The van der Waals surface area contributed by atoms with Crippen LogP contribution in [-0.4, -0.2) is 28.8 Å². The fraction of sp³-hybridized carbons (Fsp3) is 0.125. The summed E-state index contributed by atoms with van der Waals surface area (Å²) in [6, 6.07) is 10.5. The summed E-state index contributed by atoms with van der Waals surface area (Å²) in [5.41, 5.74) is 0.828. The van der Waals surface area contributed by atoms with Crippen LogP contribution < -0.4 is 9.91 Å². The van der Waals surface area contributed by atoms with E-state index in [0.29, 0.717) is 11.4 Å². The Kier molecular flexibility index (Phi) is 3.76. The summed E-state index contributed by atoms with van der Waals surface area (Å²) in [5, 5.41) is 20.0. The molecular weight excluding hydrogens is 406 g/mol. The van der Waals surface area contributed by atoms with Crippen LogP contribution in [0.4, 0.5) is 17.1 Å². The first-order valence-corrected chi connectivity index (χ1v) is 8.34. The molecule has 0 aliphatic carbocycles. The van der Waals surface area contributed by atoms with Gasteiger partial charge in [0.2, 0.25) is 0 Å². The first-order chi connectivity index (χ1) is 12.5. The standard InChI is InChI=1S/C16H10BrN5O4/c17-9-1-3-10(4-2-9)20-15(23)13-14(16(20)24)21(19-18-13)11-5-7-12(8-6-11)22(25)26/h1-8,13-14H/t13-,14+/m1/s1. The minimum absolute atomic E-state index is 0.0771. The predicted octanol–water partition coefficient (Wildman–Crippen LogP) is 2.86. The molecule has 0 spiro atoms. The molecule has 9 nitrogen and oxygen atoms in total. The normalized spacial score (nSPS) is 21.4. The maximum absolute atomic E-state index is 12.9. The van der Waals surface area contributed by atoms with Crippen LogP contribution in [0.25, 0.3) is 0 Å². The number of carbonyl (C=O) groups is 2. The van der Waals surface area contributed by atoms with Crippen LogP contribution in [-0.2, 0) is 9.59 Å². The number of nitrogens with zero attached hydrogens (tertiary/aromatic N) is 5. The lowest BCUT2D eigenvalue weighted by molar-refractivity contribution is -0.384. The van der Waals surface area contributed by atoms with E-state index in [9.17, 15) is 19.7 Å². The molecule has 2 aliphatic heterocycles. The zero-order chi connectivity index (χ0) is 18.4. The molecule has 2 amide bonds. The van der Waals surface area contributed by atoms with Gasteiger partial charge in [-0.1, -0.05) is 21.2 Å². The van der Waals surface area contributed by atoms with Crippen LogP contribution in [0.2, 0.25) is 0 Å². The molecule has 1 saturated heterocycles. The summed E-state index contributed by atoms with van der Waals surface area (Å²) in [7, 11) is 0. The van der Waals surface area contributed by atoms with Gasteiger partial charge in [-0.05, 0) is 36.4 Å². The smallest absolute Gasteiger partial charge is 0.269 e. The number of hydrogen-bond acceptors (Lipinski definition) is 7. The molecule has 2 aliphatic rings. The Morgan fingerprint density at radius 1 is 0.962 bits per heavy atom. The van der Waals surface area contributed by atoms with Crippen LogP contribution in [0.15, 0.2) is 63.3 Å². The number of hydrogen-bond donors (Lipinski definition) is 0. The third-order valence-electron chi connectivity index (χ3n) is 4.19. The zero-order valence-corrected chi connectivity index (χ0v) is 14.6. The first kappa shape index (κ1) is 16.3. The summed E-state index contributed by atoms with van der Waals surface area (Å²) >= 11 is 3.31. The highest BCUT2D eigenvalue weighted by atomic mass is 79.9. The summed E-state index contributed by atoms with van der Waals surface area (Å²) in [6.45, 7) is 0. The van der Waals surface area contributed by atoms with E-state index < -0.39 is 28.8 Å². The van der Waals surface area contributed by atoms with E-state index in [4.69, 9.17) is 0 Å². The number of imide groups is 1. The van der Waals surface area contributed by atoms with Crippen molar-refractivity contribution in [1.82, 2.24) is 0 Å². The molecular formula is C16H10BrN5O4. The van der Waals surface area contributed by atoms with Gasteiger partial charge in [0, 0.05) is 16.6 Å². The van der Waals surface area contributed by atoms with E-state index in [-0.39, 0.29) is 5.69 Å². The Balaban J connectivity index is 1.65. The average molecular weight is 416 g/mol. The SMILES string of the molecule is O=C1[C@@H]2[C@@H](N=NN2c2ccc([N+](=O)[O-])cc2)C(=O)N1c1ccc(Br)cc1. The van der Waals surface area contributed by atoms with Crippen molar-refractivity contribution >= 4 is 44.8 Å². The number of benzene rings is 2. The molecule has 4 rings (SSSR count). The molecule has 130 valence electrons. The molecule has 0 unspecified atom stereocenters. The number of anilines is 2. The number of halogens is 1. The molecule has 0 saturated carbocycles. The van der Waals surface area contributed by atoms with Crippen LogP contribution in [0.1, 0.15) is 0 Å². The topological polar surface area (TPSA) is 108 Å². The highest BCUT2D eigenvalue weighted by Crippen LogP contribution is 2.35. The van der Waals surface area contributed by atoms with Crippen molar-refractivity contribution in [1.29, 1.82) is 0 Å². The summed E-state index contributed by atoms with van der Waals surface area (Å²) in [4.78, 5) is 36.8. The van der Waals surface area contributed by atoms with E-state index in [0.717, 1.165) is 9.37 Å². The number of carbonyl (C=O) groups excluding carboxylic acids is 2. The van der Waals surface area contributed by atoms with E-state index >= 15 is 0 Å². The van der Waals surface area contributed by atoms with E-state index in [1.54, 1.807) is 24.3 Å². The van der Waals surface area contributed by atoms with Crippen LogP contribution in [0, 0.1) is 10.1 Å². The predicted molar refractivity (Wildman–Crippen MR) is 94.6 cm³/mol. The molecule has 10 heteroatoms. The third-order valence-corrected chi connectivity index (χ3v) is 4.72. The maximum atomic E-state index is 12.9. The summed E-state index contributed by atoms with van der Waals surface area (Å²) in [6.07, 6.45) is 0. The second kappa shape index (κ2) is 5.99. The van der Waals surface area contributed by atoms with Crippen LogP contribution in [0.5, 0.6) is 0 Å². The second-order valence-corrected chi connectivity index (χ2v) is 6.62. The molecule has 26 heavy (non-hydrogen) atoms. The fourth-order valence-corrected chi connectivity index (χ4v) is 3.21. The molecule has 0 aromatic heterocycles. The van der Waals surface area contributed by atoms with Crippen molar-refractivity contribution in [2.45, 2.75) is 12.1 Å². The molecule has 0 radical (unpaired) electrons. The van der Waals surface area contributed by atoms with Crippen molar-refractivity contribution < 1.29 is 14.5 Å². The quantitative estimate of drug-likeness (QED) is 0.434. The van der Waals surface area contributed by atoms with Gasteiger partial charge in [0.05, 0.1) is 16.3 Å². The van der Waals surface area contributed by atoms with E-state index in [2.05, 4.69) is 26.3 Å². The fourth-order valence-electron chi connectivity index (χ4n) is 2.95. The van der Waals surface area contributed by atoms with Gasteiger partial charge in [0.25, 0.3) is 17.5 Å². The van der Waals surface area contributed by atoms with Crippen LogP contribution in [0.3, 0.4) is 0 Å². The molecule has 2 atom stereocenters. The minimum atomic E-state index is -0.929. The van der Waals surface area contributed by atoms with Crippen molar-refractivity contribution in [3.05, 3.63) is 63.1 Å². The lowest BCUT2D eigenvalue weighted by atomic mass is 10.1. The Morgan fingerprint density at radius 3 is 2.19 bits per heavy atom. The van der Waals surface area contributed by atoms with Crippen LogP contribution >= 0.6 is 15.9 Å². The number of amides is 2. The van der Waals surface area contributed by atoms with Gasteiger partial charge in [-0.15, -0.1) is 0 Å². The molecule has 0 bridgehead atoms. The van der Waals surface area contributed by atoms with Gasteiger partial charge in [0.1, 0.15) is 0 Å². The van der Waals surface area contributed by atoms with Gasteiger partial charge in [-0.2, -0.15) is 5.11 Å². The molecule has 1 fully saturated rings.